The molecule has 0 aromatic heterocycles. The molecule has 0 saturated heterocycles. The normalized spacial score (nSPS) is 15.3. The molecule has 0 saturated carbocycles. The van der Waals surface area contributed by atoms with E-state index in [1.807, 2.05) is 6.08 Å². The van der Waals surface area contributed by atoms with Crippen LogP contribution < -0.4 is 5.32 Å². The van der Waals surface area contributed by atoms with E-state index in [-0.39, 0.29) is 0 Å². The Kier molecular flexibility index (Phi) is 8.05. The van der Waals surface area contributed by atoms with E-state index in [0.717, 1.165) is 19.6 Å². The van der Waals surface area contributed by atoms with Crippen LogP contribution in [0, 0.1) is 5.92 Å². The third-order valence-electron chi connectivity index (χ3n) is 2.07. The van der Waals surface area contributed by atoms with Gasteiger partial charge in [-0.2, -0.15) is 0 Å². The highest BCUT2D eigenvalue weighted by Crippen LogP contribution is 1.99. The third kappa shape index (κ3) is 8.00. The molecule has 78 valence electrons. The van der Waals surface area contributed by atoms with Crippen molar-refractivity contribution in [2.75, 3.05) is 20.3 Å². The van der Waals surface area contributed by atoms with Crippen LogP contribution in [0.5, 0.6) is 0 Å². The smallest absolute Gasteiger partial charge is 0.0499 e. The predicted octanol–water partition coefficient (Wildman–Crippen LogP) is 2.21. The molecule has 0 aliphatic heterocycles. The fraction of sp³-hybridized carbons (Fsp3) is 0.818. The minimum Gasteiger partial charge on any atom is -0.384 e. The van der Waals surface area contributed by atoms with Crippen LogP contribution in [0.25, 0.3) is 0 Å². The Labute approximate surface area is 82.4 Å². The zero-order chi connectivity index (χ0) is 10.1. The number of methoxy groups -OCH3 is 1. The summed E-state index contributed by atoms with van der Waals surface area (Å²) in [6.07, 6.45) is 4.23. The quantitative estimate of drug-likeness (QED) is 0.585. The van der Waals surface area contributed by atoms with Gasteiger partial charge in [0.2, 0.25) is 0 Å². The maximum Gasteiger partial charge on any atom is 0.0499 e. The standard InChI is InChI=1S/C11H23NO/c1-5-6-7-11(3)12-8-10(2)9-13-4/h5,10-12H,1,6-9H2,2-4H3. The molecule has 2 unspecified atom stereocenters. The van der Waals surface area contributed by atoms with Gasteiger partial charge in [-0.25, -0.2) is 0 Å². The number of hydrogen-bond donors (Lipinski definition) is 1. The van der Waals surface area contributed by atoms with Gasteiger partial charge in [0.15, 0.2) is 0 Å². The van der Waals surface area contributed by atoms with Gasteiger partial charge in [-0.15, -0.1) is 6.58 Å². The van der Waals surface area contributed by atoms with Gasteiger partial charge in [-0.3, -0.25) is 0 Å². The summed E-state index contributed by atoms with van der Waals surface area (Å²) >= 11 is 0. The molecule has 0 aromatic carbocycles. The largest absolute Gasteiger partial charge is 0.384 e. The number of rotatable bonds is 8. The van der Waals surface area contributed by atoms with Crippen LogP contribution in [0.2, 0.25) is 0 Å². The highest BCUT2D eigenvalue weighted by atomic mass is 16.5. The van der Waals surface area contributed by atoms with E-state index in [4.69, 9.17) is 4.74 Å². The van der Waals surface area contributed by atoms with Crippen LogP contribution in [0.4, 0.5) is 0 Å². The van der Waals surface area contributed by atoms with Gasteiger partial charge in [0.1, 0.15) is 0 Å². The van der Waals surface area contributed by atoms with Gasteiger partial charge >= 0.3 is 0 Å². The van der Waals surface area contributed by atoms with E-state index >= 15 is 0 Å². The molecular formula is C11H23NO. The number of ether oxygens (including phenoxy) is 1. The van der Waals surface area contributed by atoms with Crippen molar-refractivity contribution in [3.05, 3.63) is 12.7 Å². The van der Waals surface area contributed by atoms with Crippen LogP contribution in [-0.2, 0) is 4.74 Å². The first-order chi connectivity index (χ1) is 6.20. The third-order valence-corrected chi connectivity index (χ3v) is 2.07. The molecule has 0 fully saturated rings. The molecular weight excluding hydrogens is 162 g/mol. The van der Waals surface area contributed by atoms with Gasteiger partial charge in [0.05, 0.1) is 0 Å². The van der Waals surface area contributed by atoms with E-state index in [1.165, 1.54) is 6.42 Å². The Balaban J connectivity index is 3.33. The lowest BCUT2D eigenvalue weighted by Crippen LogP contribution is -2.31. The average molecular weight is 185 g/mol. The van der Waals surface area contributed by atoms with E-state index in [0.29, 0.717) is 12.0 Å². The molecule has 0 aliphatic carbocycles. The second kappa shape index (κ2) is 8.27. The molecule has 0 radical (unpaired) electrons. The predicted molar refractivity (Wildman–Crippen MR) is 57.9 cm³/mol. The van der Waals surface area contributed by atoms with Crippen molar-refractivity contribution in [3.8, 4) is 0 Å². The molecule has 0 amide bonds. The lowest BCUT2D eigenvalue weighted by Gasteiger charge is -2.16. The van der Waals surface area contributed by atoms with Crippen LogP contribution >= 0.6 is 0 Å². The van der Waals surface area contributed by atoms with Crippen molar-refractivity contribution in [1.82, 2.24) is 5.32 Å². The minimum absolute atomic E-state index is 0.581. The Hall–Kier alpha value is -0.340. The molecule has 0 aromatic rings. The number of allylic oxidation sites excluding steroid dienone is 1. The maximum absolute atomic E-state index is 5.06. The molecule has 2 atom stereocenters. The summed E-state index contributed by atoms with van der Waals surface area (Å²) in [6, 6.07) is 0.581. The molecule has 1 N–H and O–H groups in total. The van der Waals surface area contributed by atoms with Crippen molar-refractivity contribution >= 4 is 0 Å². The van der Waals surface area contributed by atoms with Gasteiger partial charge in [0, 0.05) is 26.3 Å². The fourth-order valence-corrected chi connectivity index (χ4v) is 1.22. The summed E-state index contributed by atoms with van der Waals surface area (Å²) < 4.78 is 5.06. The van der Waals surface area contributed by atoms with Gasteiger partial charge < -0.3 is 10.1 Å². The summed E-state index contributed by atoms with van der Waals surface area (Å²) in [6.45, 7) is 9.98. The molecule has 13 heavy (non-hydrogen) atoms. The first kappa shape index (κ1) is 12.7. The van der Waals surface area contributed by atoms with E-state index in [2.05, 4.69) is 25.7 Å². The summed E-state index contributed by atoms with van der Waals surface area (Å²) in [7, 11) is 1.75. The molecule has 0 heterocycles. The maximum atomic E-state index is 5.06. The zero-order valence-corrected chi connectivity index (χ0v) is 9.18. The highest BCUT2D eigenvalue weighted by molar-refractivity contribution is 4.71. The Morgan fingerprint density at radius 3 is 2.69 bits per heavy atom. The van der Waals surface area contributed by atoms with Crippen molar-refractivity contribution in [1.29, 1.82) is 0 Å². The average Bonchev–Trinajstić information content (AvgIpc) is 2.12. The van der Waals surface area contributed by atoms with E-state index in [1.54, 1.807) is 7.11 Å². The van der Waals surface area contributed by atoms with Crippen LogP contribution in [0.15, 0.2) is 12.7 Å². The minimum atomic E-state index is 0.581. The highest BCUT2D eigenvalue weighted by Gasteiger charge is 2.03. The molecule has 0 bridgehead atoms. The van der Waals surface area contributed by atoms with Gasteiger partial charge in [0.25, 0.3) is 0 Å². The van der Waals surface area contributed by atoms with Crippen molar-refractivity contribution in [2.24, 2.45) is 5.92 Å². The Morgan fingerprint density at radius 2 is 2.15 bits per heavy atom. The van der Waals surface area contributed by atoms with E-state index < -0.39 is 0 Å². The monoisotopic (exact) mass is 185 g/mol. The summed E-state index contributed by atoms with van der Waals surface area (Å²) in [5.41, 5.74) is 0. The topological polar surface area (TPSA) is 21.3 Å². The molecule has 0 spiro atoms. The van der Waals surface area contributed by atoms with Crippen molar-refractivity contribution in [2.45, 2.75) is 32.7 Å². The zero-order valence-electron chi connectivity index (χ0n) is 9.18. The van der Waals surface area contributed by atoms with Crippen molar-refractivity contribution < 1.29 is 4.74 Å². The Bertz CT molecular complexity index is 125. The second-order valence-corrected chi connectivity index (χ2v) is 3.74. The molecule has 2 nitrogen and oxygen atoms in total. The molecule has 2 heteroatoms. The SMILES string of the molecule is C=CCCC(C)NCC(C)COC. The second-order valence-electron chi connectivity index (χ2n) is 3.74. The molecule has 0 rings (SSSR count). The summed E-state index contributed by atoms with van der Waals surface area (Å²) in [5.74, 6) is 0.594. The summed E-state index contributed by atoms with van der Waals surface area (Å²) in [5, 5.41) is 3.47. The lowest BCUT2D eigenvalue weighted by atomic mass is 10.1. The van der Waals surface area contributed by atoms with Crippen LogP contribution in [0.3, 0.4) is 0 Å². The number of nitrogens with one attached hydrogen (secondary N) is 1. The first-order valence-corrected chi connectivity index (χ1v) is 5.04. The van der Waals surface area contributed by atoms with Crippen LogP contribution in [-0.4, -0.2) is 26.3 Å². The van der Waals surface area contributed by atoms with Crippen LogP contribution in [0.1, 0.15) is 26.7 Å². The molecule has 0 aliphatic rings. The number of hydrogen-bond acceptors (Lipinski definition) is 2. The van der Waals surface area contributed by atoms with Gasteiger partial charge in [-0.05, 0) is 25.7 Å². The van der Waals surface area contributed by atoms with E-state index in [9.17, 15) is 0 Å². The lowest BCUT2D eigenvalue weighted by molar-refractivity contribution is 0.157. The Morgan fingerprint density at radius 1 is 1.46 bits per heavy atom. The van der Waals surface area contributed by atoms with Crippen molar-refractivity contribution in [3.63, 3.8) is 0 Å². The fourth-order valence-electron chi connectivity index (χ4n) is 1.22. The first-order valence-electron chi connectivity index (χ1n) is 5.04. The summed E-state index contributed by atoms with van der Waals surface area (Å²) in [4.78, 5) is 0. The van der Waals surface area contributed by atoms with Gasteiger partial charge in [-0.1, -0.05) is 13.0 Å².